The first-order chi connectivity index (χ1) is 24.1. The van der Waals surface area contributed by atoms with E-state index in [-0.39, 0.29) is 42.7 Å². The summed E-state index contributed by atoms with van der Waals surface area (Å²) in [6, 6.07) is -0.718. The minimum Gasteiger partial charge on any atom is -0.544 e. The van der Waals surface area contributed by atoms with Crippen LogP contribution in [0.3, 0.4) is 0 Å². The Balaban J connectivity index is 4.31. The zero-order valence-electron chi connectivity index (χ0n) is 33.6. The number of ether oxygens (including phenoxy) is 3. The number of nitrogens with zero attached hydrogens (tertiary/aromatic N) is 1. The highest BCUT2D eigenvalue weighted by molar-refractivity contribution is 5.70. The van der Waals surface area contributed by atoms with E-state index in [1.807, 2.05) is 0 Å². The van der Waals surface area contributed by atoms with Crippen LogP contribution < -0.4 is 5.11 Å². The van der Waals surface area contributed by atoms with Crippen molar-refractivity contribution in [3.05, 3.63) is 0 Å². The van der Waals surface area contributed by atoms with Gasteiger partial charge in [0.25, 0.3) is 0 Å². The number of hydrogen-bond acceptors (Lipinski definition) is 7. The van der Waals surface area contributed by atoms with Crippen molar-refractivity contribution >= 4 is 17.9 Å². The molecule has 296 valence electrons. The number of carboxylic acids is 1. The Hall–Kier alpha value is -1.67. The standard InChI is InChI=1S/C42H81NO7/c1-6-8-10-12-14-16-18-19-20-21-22-23-25-27-29-31-33-41(45)50-38(36-48-35-34-39(42(46)47)43(3,4)5)37-49-40(44)32-30-28-26-24-17-15-13-11-9-7-2/h38-39H,6-37H2,1-5H3. The number of carboxylic acid groups (broad SMARTS) is 1. The highest BCUT2D eigenvalue weighted by atomic mass is 16.6. The van der Waals surface area contributed by atoms with Crippen LogP contribution in [0.4, 0.5) is 0 Å². The molecular weight excluding hydrogens is 630 g/mol. The maximum Gasteiger partial charge on any atom is 0.306 e. The molecule has 0 rings (SSSR count). The van der Waals surface area contributed by atoms with Gasteiger partial charge in [-0.15, -0.1) is 0 Å². The summed E-state index contributed by atoms with van der Waals surface area (Å²) in [5, 5.41) is 11.6. The summed E-state index contributed by atoms with van der Waals surface area (Å²) in [6.07, 6.45) is 32.6. The Morgan fingerprint density at radius 1 is 0.520 bits per heavy atom. The zero-order chi connectivity index (χ0) is 37.1. The molecule has 0 aromatic carbocycles. The number of unbranched alkanes of at least 4 members (excludes halogenated alkanes) is 24. The molecule has 0 aliphatic carbocycles. The van der Waals surface area contributed by atoms with Crippen molar-refractivity contribution in [1.82, 2.24) is 0 Å². The van der Waals surface area contributed by atoms with E-state index in [9.17, 15) is 19.5 Å². The van der Waals surface area contributed by atoms with Crippen LogP contribution in [0.1, 0.15) is 200 Å². The third-order valence-electron chi connectivity index (χ3n) is 9.74. The molecule has 0 N–H and O–H groups in total. The molecule has 0 aromatic heterocycles. The van der Waals surface area contributed by atoms with Gasteiger partial charge in [0.2, 0.25) is 0 Å². The molecule has 0 radical (unpaired) electrons. The summed E-state index contributed by atoms with van der Waals surface area (Å²) < 4.78 is 17.1. The monoisotopic (exact) mass is 712 g/mol. The van der Waals surface area contributed by atoms with E-state index in [4.69, 9.17) is 14.2 Å². The normalized spacial score (nSPS) is 12.9. The summed E-state index contributed by atoms with van der Waals surface area (Å²) >= 11 is 0. The fraction of sp³-hybridized carbons (Fsp3) is 0.929. The number of carbonyl (C=O) groups excluding carboxylic acids is 3. The largest absolute Gasteiger partial charge is 0.544 e. The van der Waals surface area contributed by atoms with Crippen molar-refractivity contribution in [2.75, 3.05) is 41.0 Å². The van der Waals surface area contributed by atoms with Crippen LogP contribution in [0.15, 0.2) is 0 Å². The summed E-state index contributed by atoms with van der Waals surface area (Å²) in [7, 11) is 5.41. The predicted octanol–water partition coefficient (Wildman–Crippen LogP) is 9.64. The van der Waals surface area contributed by atoms with Crippen molar-refractivity contribution in [2.24, 2.45) is 0 Å². The highest BCUT2D eigenvalue weighted by Gasteiger charge is 2.25. The number of carbonyl (C=O) groups is 3. The quantitative estimate of drug-likeness (QED) is 0.0357. The van der Waals surface area contributed by atoms with Crippen LogP contribution in [0.5, 0.6) is 0 Å². The van der Waals surface area contributed by atoms with Crippen LogP contribution in [0.2, 0.25) is 0 Å². The summed E-state index contributed by atoms with van der Waals surface area (Å²) in [5.41, 5.74) is 0. The van der Waals surface area contributed by atoms with Crippen molar-refractivity contribution in [2.45, 2.75) is 212 Å². The first kappa shape index (κ1) is 48.3. The molecule has 50 heavy (non-hydrogen) atoms. The minimum absolute atomic E-state index is 0.0488. The Kier molecular flexibility index (Phi) is 33.3. The maximum atomic E-state index is 12.7. The second-order valence-electron chi connectivity index (χ2n) is 15.6. The molecule has 0 fully saturated rings. The van der Waals surface area contributed by atoms with Crippen molar-refractivity contribution in [1.29, 1.82) is 0 Å². The molecular formula is C42H81NO7. The van der Waals surface area contributed by atoms with Gasteiger partial charge in [0, 0.05) is 19.3 Å². The number of esters is 2. The third kappa shape index (κ3) is 32.3. The molecule has 0 amide bonds. The molecule has 0 bridgehead atoms. The Morgan fingerprint density at radius 2 is 0.880 bits per heavy atom. The van der Waals surface area contributed by atoms with Gasteiger partial charge in [-0.3, -0.25) is 9.59 Å². The summed E-state index contributed by atoms with van der Waals surface area (Å²) in [6.45, 7) is 4.67. The second-order valence-corrected chi connectivity index (χ2v) is 15.6. The first-order valence-electron chi connectivity index (χ1n) is 21.1. The molecule has 0 aromatic rings. The van der Waals surface area contributed by atoms with Gasteiger partial charge in [-0.1, -0.05) is 168 Å². The second kappa shape index (κ2) is 34.4. The topological polar surface area (TPSA) is 102 Å². The minimum atomic E-state index is -1.12. The average Bonchev–Trinajstić information content (AvgIpc) is 3.06. The molecule has 0 saturated heterocycles. The summed E-state index contributed by atoms with van der Waals surface area (Å²) in [4.78, 5) is 36.7. The Morgan fingerprint density at radius 3 is 1.24 bits per heavy atom. The molecule has 8 heteroatoms. The molecule has 0 aliphatic rings. The lowest BCUT2D eigenvalue weighted by atomic mass is 10.0. The SMILES string of the molecule is CCCCCCCCCCCCCCCCCCC(=O)OC(COCCC(C(=O)[O-])[N+](C)(C)C)COC(=O)CCCCCCCCCCCC. The number of hydrogen-bond donors (Lipinski definition) is 0. The first-order valence-corrected chi connectivity index (χ1v) is 21.1. The van der Waals surface area contributed by atoms with Crippen LogP contribution in [0.25, 0.3) is 0 Å². The summed E-state index contributed by atoms with van der Waals surface area (Å²) in [5.74, 6) is -1.72. The lowest BCUT2D eigenvalue weighted by Gasteiger charge is -2.34. The van der Waals surface area contributed by atoms with E-state index < -0.39 is 18.1 Å². The van der Waals surface area contributed by atoms with Gasteiger partial charge in [0.1, 0.15) is 12.6 Å². The van der Waals surface area contributed by atoms with Gasteiger partial charge in [-0.25, -0.2) is 0 Å². The van der Waals surface area contributed by atoms with E-state index in [1.165, 1.54) is 128 Å². The van der Waals surface area contributed by atoms with Gasteiger partial charge in [-0.2, -0.15) is 0 Å². The molecule has 2 unspecified atom stereocenters. The molecule has 2 atom stereocenters. The van der Waals surface area contributed by atoms with E-state index >= 15 is 0 Å². The van der Waals surface area contributed by atoms with E-state index in [0.717, 1.165) is 38.5 Å². The van der Waals surface area contributed by atoms with Gasteiger partial charge >= 0.3 is 11.9 Å². The fourth-order valence-corrected chi connectivity index (χ4v) is 6.42. The van der Waals surface area contributed by atoms with Crippen molar-refractivity contribution < 1.29 is 38.2 Å². The molecule has 0 heterocycles. The van der Waals surface area contributed by atoms with Gasteiger partial charge < -0.3 is 28.6 Å². The Labute approximate surface area is 308 Å². The number of quaternary nitrogens is 1. The molecule has 0 saturated carbocycles. The lowest BCUT2D eigenvalue weighted by molar-refractivity contribution is -0.889. The lowest BCUT2D eigenvalue weighted by Crippen LogP contribution is -2.55. The molecule has 8 nitrogen and oxygen atoms in total. The predicted molar refractivity (Wildman–Crippen MR) is 204 cm³/mol. The van der Waals surface area contributed by atoms with Crippen LogP contribution in [0, 0.1) is 0 Å². The molecule has 0 spiro atoms. The number of rotatable bonds is 38. The maximum absolute atomic E-state index is 12.7. The van der Waals surface area contributed by atoms with Crippen molar-refractivity contribution in [3.8, 4) is 0 Å². The van der Waals surface area contributed by atoms with Crippen LogP contribution in [-0.4, -0.2) is 75.5 Å². The van der Waals surface area contributed by atoms with E-state index in [1.54, 1.807) is 21.1 Å². The average molecular weight is 712 g/mol. The fourth-order valence-electron chi connectivity index (χ4n) is 6.42. The van der Waals surface area contributed by atoms with E-state index in [2.05, 4.69) is 13.8 Å². The van der Waals surface area contributed by atoms with Gasteiger partial charge in [0.05, 0.1) is 40.3 Å². The Bertz CT molecular complexity index is 797. The number of aliphatic carboxylic acids is 1. The van der Waals surface area contributed by atoms with Crippen LogP contribution in [-0.2, 0) is 28.6 Å². The van der Waals surface area contributed by atoms with Crippen molar-refractivity contribution in [3.63, 3.8) is 0 Å². The zero-order valence-corrected chi connectivity index (χ0v) is 33.6. The smallest absolute Gasteiger partial charge is 0.306 e. The van der Waals surface area contributed by atoms with Gasteiger partial charge in [-0.05, 0) is 12.8 Å². The van der Waals surface area contributed by atoms with E-state index in [0.29, 0.717) is 12.8 Å². The number of likely N-dealkylation sites (N-methyl/N-ethyl adjacent to an activating group) is 1. The third-order valence-corrected chi connectivity index (χ3v) is 9.74. The van der Waals surface area contributed by atoms with Crippen LogP contribution >= 0.6 is 0 Å². The highest BCUT2D eigenvalue weighted by Crippen LogP contribution is 2.15. The molecule has 0 aliphatic heterocycles. The van der Waals surface area contributed by atoms with Gasteiger partial charge in [0.15, 0.2) is 6.10 Å².